The van der Waals surface area contributed by atoms with E-state index in [-0.39, 0.29) is 25.2 Å². The molecule has 94 valence electrons. The maximum absolute atomic E-state index is 12.4. The van der Waals surface area contributed by atoms with Crippen LogP contribution in [0.25, 0.3) is 0 Å². The molecule has 0 radical (unpaired) electrons. The van der Waals surface area contributed by atoms with Crippen LogP contribution in [0.5, 0.6) is 0 Å². The number of halogens is 3. The minimum absolute atomic E-state index is 0.0363. The Morgan fingerprint density at radius 2 is 2.24 bits per heavy atom. The lowest BCUT2D eigenvalue weighted by Crippen LogP contribution is -2.32. The molecule has 1 aromatic rings. The SMILES string of the molecule is Nc1c[nH]c(C(=O)N2CCC(C(F)(F)F)C2)c1. The summed E-state index contributed by atoms with van der Waals surface area (Å²) in [6, 6.07) is 1.42. The number of aromatic amines is 1. The van der Waals surface area contributed by atoms with Gasteiger partial charge in [0, 0.05) is 25.0 Å². The minimum Gasteiger partial charge on any atom is -0.397 e. The quantitative estimate of drug-likeness (QED) is 0.792. The van der Waals surface area contributed by atoms with Crippen LogP contribution in [0.3, 0.4) is 0 Å². The molecule has 1 amide bonds. The smallest absolute Gasteiger partial charge is 0.393 e. The van der Waals surface area contributed by atoms with Crippen LogP contribution in [0.15, 0.2) is 12.3 Å². The molecule has 1 unspecified atom stereocenters. The van der Waals surface area contributed by atoms with Crippen LogP contribution in [0.2, 0.25) is 0 Å². The zero-order valence-corrected chi connectivity index (χ0v) is 8.92. The number of alkyl halides is 3. The topological polar surface area (TPSA) is 62.1 Å². The standard InChI is InChI=1S/C10H12F3N3O/c11-10(12,13)6-1-2-16(5-6)9(17)8-3-7(14)4-15-8/h3-4,6,15H,1-2,5,14H2. The summed E-state index contributed by atoms with van der Waals surface area (Å²) in [7, 11) is 0. The fourth-order valence-corrected chi connectivity index (χ4v) is 1.92. The van der Waals surface area contributed by atoms with Gasteiger partial charge in [0.15, 0.2) is 0 Å². The maximum Gasteiger partial charge on any atom is 0.393 e. The van der Waals surface area contributed by atoms with Gasteiger partial charge in [-0.15, -0.1) is 0 Å². The lowest BCUT2D eigenvalue weighted by molar-refractivity contribution is -0.169. The van der Waals surface area contributed by atoms with Crippen LogP contribution < -0.4 is 5.73 Å². The zero-order valence-electron chi connectivity index (χ0n) is 8.92. The largest absolute Gasteiger partial charge is 0.397 e. The second-order valence-electron chi connectivity index (χ2n) is 4.13. The first-order chi connectivity index (χ1) is 7.88. The summed E-state index contributed by atoms with van der Waals surface area (Å²) in [6.45, 7) is -0.150. The summed E-state index contributed by atoms with van der Waals surface area (Å²) in [4.78, 5) is 15.6. The van der Waals surface area contributed by atoms with Crippen LogP contribution in [-0.4, -0.2) is 35.1 Å². The number of aromatic nitrogens is 1. The number of H-pyrrole nitrogens is 1. The first-order valence-corrected chi connectivity index (χ1v) is 5.18. The van der Waals surface area contributed by atoms with Gasteiger partial charge in [0.2, 0.25) is 0 Å². The molecule has 1 aliphatic rings. The molecule has 4 nitrogen and oxygen atoms in total. The predicted molar refractivity (Wildman–Crippen MR) is 55.3 cm³/mol. The Balaban J connectivity index is 2.04. The summed E-state index contributed by atoms with van der Waals surface area (Å²) in [5.74, 6) is -1.85. The Hall–Kier alpha value is -1.66. The molecule has 3 N–H and O–H groups in total. The summed E-state index contributed by atoms with van der Waals surface area (Å²) >= 11 is 0. The molecular weight excluding hydrogens is 235 g/mol. The van der Waals surface area contributed by atoms with Crippen molar-refractivity contribution in [3.05, 3.63) is 18.0 Å². The normalized spacial score (nSPS) is 20.9. The number of hydrogen-bond donors (Lipinski definition) is 2. The van der Waals surface area contributed by atoms with Crippen LogP contribution in [0.4, 0.5) is 18.9 Å². The van der Waals surface area contributed by atoms with E-state index >= 15 is 0 Å². The number of anilines is 1. The molecule has 0 saturated carbocycles. The Bertz CT molecular complexity index is 427. The minimum atomic E-state index is -4.23. The molecule has 17 heavy (non-hydrogen) atoms. The molecule has 2 heterocycles. The first kappa shape index (κ1) is 11.8. The molecule has 7 heteroatoms. The summed E-state index contributed by atoms with van der Waals surface area (Å²) < 4.78 is 37.3. The first-order valence-electron chi connectivity index (χ1n) is 5.18. The fourth-order valence-electron chi connectivity index (χ4n) is 1.92. The van der Waals surface area contributed by atoms with Crippen molar-refractivity contribution < 1.29 is 18.0 Å². The van der Waals surface area contributed by atoms with Crippen LogP contribution >= 0.6 is 0 Å². The van der Waals surface area contributed by atoms with Gasteiger partial charge in [-0.2, -0.15) is 13.2 Å². The van der Waals surface area contributed by atoms with E-state index in [1.165, 1.54) is 17.2 Å². The Kier molecular flexibility index (Phi) is 2.76. The van der Waals surface area contributed by atoms with Gasteiger partial charge < -0.3 is 15.6 Å². The molecule has 1 saturated heterocycles. The number of carbonyl (C=O) groups is 1. The van der Waals surface area contributed by atoms with Crippen LogP contribution in [0.1, 0.15) is 16.9 Å². The van der Waals surface area contributed by atoms with Crippen LogP contribution in [-0.2, 0) is 0 Å². The van der Waals surface area contributed by atoms with Crippen molar-refractivity contribution in [1.29, 1.82) is 0 Å². The monoisotopic (exact) mass is 247 g/mol. The van der Waals surface area contributed by atoms with E-state index in [1.54, 1.807) is 0 Å². The second kappa shape index (κ2) is 3.97. The summed E-state index contributed by atoms with van der Waals surface area (Å²) in [6.07, 6.45) is -2.83. The third-order valence-electron chi connectivity index (χ3n) is 2.87. The lowest BCUT2D eigenvalue weighted by atomic mass is 10.1. The average Bonchev–Trinajstić information content (AvgIpc) is 2.83. The number of likely N-dealkylation sites (tertiary alicyclic amines) is 1. The molecule has 0 aromatic carbocycles. The predicted octanol–water partition coefficient (Wildman–Crippen LogP) is 1.62. The molecule has 0 aliphatic carbocycles. The zero-order chi connectivity index (χ0) is 12.6. The van der Waals surface area contributed by atoms with Gasteiger partial charge in [-0.3, -0.25) is 4.79 Å². The van der Waals surface area contributed by atoms with E-state index in [2.05, 4.69) is 4.98 Å². The van der Waals surface area contributed by atoms with E-state index < -0.39 is 18.0 Å². The second-order valence-corrected chi connectivity index (χ2v) is 4.13. The van der Waals surface area contributed by atoms with Gasteiger partial charge in [-0.05, 0) is 12.5 Å². The molecular formula is C10H12F3N3O. The van der Waals surface area contributed by atoms with E-state index in [9.17, 15) is 18.0 Å². The van der Waals surface area contributed by atoms with Crippen molar-refractivity contribution in [3.63, 3.8) is 0 Å². The van der Waals surface area contributed by atoms with Gasteiger partial charge >= 0.3 is 6.18 Å². The number of nitrogens with two attached hydrogens (primary N) is 1. The third-order valence-corrected chi connectivity index (χ3v) is 2.87. The highest BCUT2D eigenvalue weighted by atomic mass is 19.4. The van der Waals surface area contributed by atoms with Crippen molar-refractivity contribution in [2.45, 2.75) is 12.6 Å². The van der Waals surface area contributed by atoms with Crippen molar-refractivity contribution in [1.82, 2.24) is 9.88 Å². The lowest BCUT2D eigenvalue weighted by Gasteiger charge is -2.17. The highest BCUT2D eigenvalue weighted by molar-refractivity contribution is 5.93. The number of nitrogens with one attached hydrogen (secondary N) is 1. The van der Waals surface area contributed by atoms with Gasteiger partial charge in [-0.1, -0.05) is 0 Å². The van der Waals surface area contributed by atoms with Crippen molar-refractivity contribution in [2.24, 2.45) is 5.92 Å². The van der Waals surface area contributed by atoms with Crippen molar-refractivity contribution in [2.75, 3.05) is 18.8 Å². The van der Waals surface area contributed by atoms with Gasteiger partial charge in [0.1, 0.15) is 5.69 Å². The number of nitrogen functional groups attached to an aromatic ring is 1. The van der Waals surface area contributed by atoms with Gasteiger partial charge in [0.05, 0.1) is 5.92 Å². The molecule has 2 rings (SSSR count). The Morgan fingerprint density at radius 1 is 1.53 bits per heavy atom. The number of amides is 1. The molecule has 1 aromatic heterocycles. The summed E-state index contributed by atoms with van der Waals surface area (Å²) in [5.41, 5.74) is 6.05. The van der Waals surface area contributed by atoms with Gasteiger partial charge in [-0.25, -0.2) is 0 Å². The Labute approximate surface area is 95.6 Å². The third kappa shape index (κ3) is 2.37. The molecule has 1 fully saturated rings. The molecule has 1 aliphatic heterocycles. The molecule has 0 spiro atoms. The maximum atomic E-state index is 12.4. The van der Waals surface area contributed by atoms with Crippen LogP contribution in [0, 0.1) is 5.92 Å². The molecule has 1 atom stereocenters. The van der Waals surface area contributed by atoms with Gasteiger partial charge in [0.25, 0.3) is 5.91 Å². The van der Waals surface area contributed by atoms with E-state index in [1.807, 2.05) is 0 Å². The fraction of sp³-hybridized carbons (Fsp3) is 0.500. The van der Waals surface area contributed by atoms with E-state index in [0.29, 0.717) is 5.69 Å². The number of rotatable bonds is 1. The highest BCUT2D eigenvalue weighted by Gasteiger charge is 2.44. The Morgan fingerprint density at radius 3 is 2.71 bits per heavy atom. The molecule has 0 bridgehead atoms. The summed E-state index contributed by atoms with van der Waals surface area (Å²) in [5, 5.41) is 0. The van der Waals surface area contributed by atoms with Crippen molar-refractivity contribution in [3.8, 4) is 0 Å². The van der Waals surface area contributed by atoms with Crippen molar-refractivity contribution >= 4 is 11.6 Å². The number of hydrogen-bond acceptors (Lipinski definition) is 2. The average molecular weight is 247 g/mol. The number of carbonyl (C=O) groups excluding carboxylic acids is 1. The van der Waals surface area contributed by atoms with E-state index in [4.69, 9.17) is 5.73 Å². The van der Waals surface area contributed by atoms with E-state index in [0.717, 1.165) is 0 Å². The highest BCUT2D eigenvalue weighted by Crippen LogP contribution is 2.33. The number of nitrogens with zero attached hydrogens (tertiary/aromatic N) is 1.